The summed E-state index contributed by atoms with van der Waals surface area (Å²) in [6, 6.07) is 4.97. The van der Waals surface area contributed by atoms with Crippen LogP contribution in [-0.2, 0) is 28.4 Å². The highest BCUT2D eigenvalue weighted by Crippen LogP contribution is 2.58. The summed E-state index contributed by atoms with van der Waals surface area (Å²) in [4.78, 5) is 12.9. The van der Waals surface area contributed by atoms with E-state index in [-0.39, 0.29) is 40.8 Å². The van der Waals surface area contributed by atoms with Gasteiger partial charge in [0, 0.05) is 6.92 Å². The van der Waals surface area contributed by atoms with Crippen LogP contribution in [0.5, 0.6) is 0 Å². The van der Waals surface area contributed by atoms with E-state index < -0.39 is 0 Å². The Hall–Kier alpha value is -0.950. The lowest BCUT2D eigenvalue weighted by molar-refractivity contribution is -0.661. The second-order valence-corrected chi connectivity index (χ2v) is 11.3. The average molecular weight is 554 g/mol. The van der Waals surface area contributed by atoms with Crippen molar-refractivity contribution in [3.8, 4) is 11.3 Å². The highest BCUT2D eigenvalue weighted by atomic mass is 127. The number of carbonyl (C=O) groups excluding carboxylic acids is 1. The molecule has 0 bridgehead atoms. The van der Waals surface area contributed by atoms with E-state index in [9.17, 15) is 4.79 Å². The first kappa shape index (κ1) is 24.7. The van der Waals surface area contributed by atoms with Gasteiger partial charge in [0.15, 0.2) is 0 Å². The largest absolute Gasteiger partial charge is 1.00 e. The number of esters is 1. The molecule has 0 aliphatic heterocycles. The molecule has 1 heterocycles. The van der Waals surface area contributed by atoms with Gasteiger partial charge in [0.25, 0.3) is 0 Å². The van der Waals surface area contributed by atoms with Gasteiger partial charge in [-0.3, -0.25) is 4.79 Å². The summed E-state index contributed by atoms with van der Waals surface area (Å²) in [6.45, 7) is 11.3. The fourth-order valence-electron chi connectivity index (χ4n) is 6.43. The molecule has 0 spiro atoms. The monoisotopic (exact) mass is 553 g/mol. The molecule has 3 atom stereocenters. The topological polar surface area (TPSA) is 30.2 Å². The number of hydrogen-bond acceptors (Lipinski definition) is 3. The molecule has 1 aromatic carbocycles. The third-order valence-electron chi connectivity index (χ3n) is 8.25. The molecule has 0 N–H and O–H groups in total. The maximum absolute atomic E-state index is 12.9. The maximum atomic E-state index is 12.9. The molecule has 2 aliphatic rings. The Balaban J connectivity index is 0.00000272. The molecule has 170 valence electrons. The summed E-state index contributed by atoms with van der Waals surface area (Å²) in [7, 11) is 3.71. The fraction of sp³-hybridized carbons (Fsp3) is 0.615. The van der Waals surface area contributed by atoms with Crippen molar-refractivity contribution in [2.75, 3.05) is 7.11 Å². The Morgan fingerprint density at radius 1 is 1.26 bits per heavy atom. The first-order chi connectivity index (χ1) is 14.1. The number of hydrogen-bond donors (Lipinski definition) is 0. The zero-order valence-electron chi connectivity index (χ0n) is 20.0. The fourth-order valence-corrected chi connectivity index (χ4v) is 7.25. The number of nitrogens with zero attached hydrogens (tertiary/aromatic N) is 1. The molecule has 2 aromatic rings. The Morgan fingerprint density at radius 2 is 1.97 bits per heavy atom. The van der Waals surface area contributed by atoms with Crippen molar-refractivity contribution in [2.24, 2.45) is 18.4 Å². The lowest BCUT2D eigenvalue weighted by Gasteiger charge is -2.54. The third-order valence-corrected chi connectivity index (χ3v) is 9.20. The first-order valence-electron chi connectivity index (χ1n) is 11.3. The van der Waals surface area contributed by atoms with Gasteiger partial charge in [-0.2, -0.15) is 4.57 Å². The van der Waals surface area contributed by atoms with Crippen molar-refractivity contribution >= 4 is 17.3 Å². The molecule has 0 saturated heterocycles. The van der Waals surface area contributed by atoms with Crippen molar-refractivity contribution in [1.29, 1.82) is 0 Å². The van der Waals surface area contributed by atoms with E-state index in [1.165, 1.54) is 33.0 Å². The second kappa shape index (κ2) is 8.77. The van der Waals surface area contributed by atoms with Gasteiger partial charge in [-0.25, -0.2) is 0 Å². The van der Waals surface area contributed by atoms with Crippen LogP contribution in [0.3, 0.4) is 0 Å². The van der Waals surface area contributed by atoms with E-state index >= 15 is 0 Å². The number of halogens is 1. The SMILES string of the molecule is COC(=O)[C@]1(C)CCC[C@]2(C)c3cc(-c4csc(C)[n+]4C)c(C(C)C)cc3CC[C@@H]12.[I-]. The number of aromatic nitrogens is 1. The molecule has 4 rings (SSSR count). The third kappa shape index (κ3) is 3.77. The van der Waals surface area contributed by atoms with Gasteiger partial charge in [-0.1, -0.05) is 44.6 Å². The highest BCUT2D eigenvalue weighted by Gasteiger charge is 2.55. The summed E-state index contributed by atoms with van der Waals surface area (Å²) >= 11 is 1.81. The van der Waals surface area contributed by atoms with Crippen LogP contribution >= 0.6 is 11.3 Å². The number of thiazole rings is 1. The molecular weight excluding hydrogens is 517 g/mol. The molecule has 1 fully saturated rings. The number of methoxy groups -OCH3 is 1. The Kier molecular flexibility index (Phi) is 6.98. The molecule has 3 nitrogen and oxygen atoms in total. The van der Waals surface area contributed by atoms with Crippen LogP contribution in [0.15, 0.2) is 17.5 Å². The van der Waals surface area contributed by atoms with Crippen LogP contribution in [0.25, 0.3) is 11.3 Å². The van der Waals surface area contributed by atoms with E-state index in [1.54, 1.807) is 7.11 Å². The van der Waals surface area contributed by atoms with Gasteiger partial charge in [0.2, 0.25) is 10.7 Å². The Bertz CT molecular complexity index is 998. The summed E-state index contributed by atoms with van der Waals surface area (Å²) in [5.74, 6) is 0.776. The minimum atomic E-state index is -0.389. The Morgan fingerprint density at radius 3 is 2.55 bits per heavy atom. The van der Waals surface area contributed by atoms with Crippen molar-refractivity contribution in [1.82, 2.24) is 0 Å². The van der Waals surface area contributed by atoms with Gasteiger partial charge in [0.1, 0.15) is 7.05 Å². The minimum Gasteiger partial charge on any atom is -1.00 e. The van der Waals surface area contributed by atoms with Crippen LogP contribution in [0, 0.1) is 18.3 Å². The molecule has 0 radical (unpaired) electrons. The standard InChI is InChI=1S/C26H36NO2S.HI/c1-16(2)19-13-18-9-10-23-25(4,11-8-12-26(23,5)24(28)29-7)21(18)14-20(19)22-15-30-17(3)27(22)6;/h13-16,23H,8-12H2,1-7H3;1H/q+1;/p-1/t23-,25-,26-;/m1./s1. The second-order valence-electron chi connectivity index (χ2n) is 10.2. The quantitative estimate of drug-likeness (QED) is 0.333. The summed E-state index contributed by atoms with van der Waals surface area (Å²) < 4.78 is 7.62. The van der Waals surface area contributed by atoms with E-state index in [0.717, 1.165) is 32.1 Å². The average Bonchev–Trinajstić information content (AvgIpc) is 3.04. The number of ether oxygens (including phenoxy) is 1. The molecule has 2 aliphatic carbocycles. The number of fused-ring (bicyclic) bond motifs is 3. The van der Waals surface area contributed by atoms with Crippen molar-refractivity contribution in [2.45, 2.75) is 78.1 Å². The van der Waals surface area contributed by atoms with Crippen LogP contribution in [0.4, 0.5) is 0 Å². The first-order valence-corrected chi connectivity index (χ1v) is 12.2. The van der Waals surface area contributed by atoms with E-state index in [4.69, 9.17) is 4.74 Å². The lowest BCUT2D eigenvalue weighted by atomic mass is 9.49. The summed E-state index contributed by atoms with van der Waals surface area (Å²) in [5.41, 5.74) is 6.70. The molecular formula is C26H36INO2S. The smallest absolute Gasteiger partial charge is 0.311 e. The minimum absolute atomic E-state index is 0. The van der Waals surface area contributed by atoms with E-state index in [2.05, 4.69) is 63.7 Å². The number of rotatable bonds is 3. The van der Waals surface area contributed by atoms with Crippen LogP contribution in [-0.4, -0.2) is 13.1 Å². The summed E-state index contributed by atoms with van der Waals surface area (Å²) in [5, 5.41) is 3.61. The van der Waals surface area contributed by atoms with Gasteiger partial charge in [-0.15, -0.1) is 0 Å². The van der Waals surface area contributed by atoms with Gasteiger partial charge >= 0.3 is 5.97 Å². The molecule has 0 amide bonds. The predicted molar refractivity (Wildman–Crippen MR) is 123 cm³/mol. The van der Waals surface area contributed by atoms with E-state index in [0.29, 0.717) is 11.8 Å². The van der Waals surface area contributed by atoms with Crippen molar-refractivity contribution < 1.29 is 38.1 Å². The zero-order valence-corrected chi connectivity index (χ0v) is 22.9. The van der Waals surface area contributed by atoms with Gasteiger partial charge < -0.3 is 28.7 Å². The van der Waals surface area contributed by atoms with Crippen LogP contribution in [0.2, 0.25) is 0 Å². The van der Waals surface area contributed by atoms with Crippen molar-refractivity contribution in [3.05, 3.63) is 39.2 Å². The van der Waals surface area contributed by atoms with Crippen molar-refractivity contribution in [3.63, 3.8) is 0 Å². The van der Waals surface area contributed by atoms with Gasteiger partial charge in [-0.05, 0) is 72.6 Å². The van der Waals surface area contributed by atoms with Gasteiger partial charge in [0.05, 0.1) is 23.5 Å². The molecule has 1 saturated carbocycles. The van der Waals surface area contributed by atoms with Crippen LogP contribution < -0.4 is 28.5 Å². The summed E-state index contributed by atoms with van der Waals surface area (Å²) in [6.07, 6.45) is 5.27. The zero-order chi connectivity index (χ0) is 21.8. The predicted octanol–water partition coefficient (Wildman–Crippen LogP) is 2.86. The molecule has 0 unspecified atom stereocenters. The maximum Gasteiger partial charge on any atom is 0.311 e. The molecule has 5 heteroatoms. The normalized spacial score (nSPS) is 27.3. The lowest BCUT2D eigenvalue weighted by Crippen LogP contribution is -3.00. The Labute approximate surface area is 208 Å². The van der Waals surface area contributed by atoms with E-state index in [1.807, 2.05) is 11.3 Å². The number of benzene rings is 1. The number of aryl methyl sites for hydroxylation is 2. The van der Waals surface area contributed by atoms with Crippen LogP contribution in [0.1, 0.15) is 81.0 Å². The highest BCUT2D eigenvalue weighted by molar-refractivity contribution is 7.09. The number of carbonyl (C=O) groups is 1. The molecule has 31 heavy (non-hydrogen) atoms. The molecule has 1 aromatic heterocycles.